The number of aliphatic hydroxyl groups is 1. The van der Waals surface area contributed by atoms with E-state index in [1.807, 2.05) is 0 Å². The molecule has 1 aliphatic rings. The number of aromatic nitrogens is 3. The highest BCUT2D eigenvalue weighted by Gasteiger charge is 2.21. The minimum atomic E-state index is -0.551. The lowest BCUT2D eigenvalue weighted by Gasteiger charge is -2.30. The summed E-state index contributed by atoms with van der Waals surface area (Å²) < 4.78 is 16.0. The fourth-order valence-corrected chi connectivity index (χ4v) is 4.65. The van der Waals surface area contributed by atoms with Crippen LogP contribution >= 0.6 is 0 Å². The molecule has 0 bridgehead atoms. The lowest BCUT2D eigenvalue weighted by atomic mass is 9.97. The quantitative estimate of drug-likeness (QED) is 0.470. The van der Waals surface area contributed by atoms with E-state index in [1.54, 1.807) is 24.4 Å². The average Bonchev–Trinajstić information content (AvgIpc) is 3.15. The molecule has 1 aromatic carbocycles. The zero-order chi connectivity index (χ0) is 22.2. The van der Waals surface area contributed by atoms with Crippen LogP contribution in [0, 0.1) is 11.7 Å². The number of fused-ring (bicyclic) bond motifs is 3. The summed E-state index contributed by atoms with van der Waals surface area (Å²) in [6.45, 7) is 3.30. The van der Waals surface area contributed by atoms with E-state index in [-0.39, 0.29) is 17.9 Å². The second kappa shape index (κ2) is 8.37. The molecule has 7 nitrogen and oxygen atoms in total. The van der Waals surface area contributed by atoms with Crippen LogP contribution in [0.1, 0.15) is 24.0 Å². The first-order valence-corrected chi connectivity index (χ1v) is 10.8. The van der Waals surface area contributed by atoms with Crippen molar-refractivity contribution >= 4 is 21.8 Å². The number of nitrogens with zero attached hydrogens (tertiary/aromatic N) is 4. The van der Waals surface area contributed by atoms with Gasteiger partial charge >= 0.3 is 5.56 Å². The Morgan fingerprint density at radius 1 is 1.09 bits per heavy atom. The van der Waals surface area contributed by atoms with Gasteiger partial charge in [0.1, 0.15) is 11.3 Å². The lowest BCUT2D eigenvalue weighted by molar-refractivity contribution is 0.127. The van der Waals surface area contributed by atoms with E-state index in [1.165, 1.54) is 18.3 Å². The summed E-state index contributed by atoms with van der Waals surface area (Å²) in [5.74, 6) is 0.0881. The zero-order valence-electron chi connectivity index (χ0n) is 17.6. The molecule has 0 unspecified atom stereocenters. The molecule has 0 radical (unpaired) electrons. The average molecular weight is 436 g/mol. The van der Waals surface area contributed by atoms with Crippen LogP contribution < -0.4 is 5.56 Å². The minimum Gasteiger partial charge on any atom is -0.425 e. The predicted octanol–water partition coefficient (Wildman–Crippen LogP) is 2.98. The fourth-order valence-electron chi connectivity index (χ4n) is 4.65. The number of piperidine rings is 1. The molecule has 0 atom stereocenters. The molecule has 1 fully saturated rings. The summed E-state index contributed by atoms with van der Waals surface area (Å²) in [5.41, 5.74) is 2.60. The van der Waals surface area contributed by atoms with Crippen LogP contribution in [0.25, 0.3) is 21.8 Å². The van der Waals surface area contributed by atoms with Crippen molar-refractivity contribution in [2.24, 2.45) is 5.92 Å². The van der Waals surface area contributed by atoms with Gasteiger partial charge in [0.25, 0.3) is 0 Å². The van der Waals surface area contributed by atoms with Crippen LogP contribution in [0.4, 0.5) is 4.39 Å². The summed E-state index contributed by atoms with van der Waals surface area (Å²) in [6, 6.07) is 8.14. The smallest absolute Gasteiger partial charge is 0.309 e. The Bertz CT molecular complexity index is 1320. The number of rotatable bonds is 5. The molecule has 0 saturated carbocycles. The van der Waals surface area contributed by atoms with E-state index in [0.29, 0.717) is 29.1 Å². The van der Waals surface area contributed by atoms with Gasteiger partial charge in [0.2, 0.25) is 0 Å². The van der Waals surface area contributed by atoms with Crippen LogP contribution in [-0.4, -0.2) is 49.2 Å². The third kappa shape index (κ3) is 3.76. The Labute approximate surface area is 183 Å². The summed E-state index contributed by atoms with van der Waals surface area (Å²) in [4.78, 5) is 19.2. The van der Waals surface area contributed by atoms with Crippen molar-refractivity contribution in [3.63, 3.8) is 0 Å². The molecule has 0 aliphatic carbocycles. The number of pyridine rings is 2. The predicted molar refractivity (Wildman–Crippen MR) is 119 cm³/mol. The molecule has 1 aliphatic heterocycles. The standard InChI is InChI=1S/C24H25FN4O3/c25-19-3-1-16(2-4-19)12-28-14-18(13-27-8-5-17(15-30)6-9-27)22-20-7-10-29(32)24(31)23(20)26-11-21(22)28/h1-4,7,10-11,14,17,30,32H,5-6,8-9,12-13,15H2. The molecule has 0 spiro atoms. The normalized spacial score (nSPS) is 15.7. The van der Waals surface area contributed by atoms with E-state index in [2.05, 4.69) is 20.6 Å². The summed E-state index contributed by atoms with van der Waals surface area (Å²) in [6.07, 6.45) is 7.02. The second-order valence-electron chi connectivity index (χ2n) is 8.56. The van der Waals surface area contributed by atoms with Crippen molar-refractivity contribution in [3.8, 4) is 0 Å². The van der Waals surface area contributed by atoms with Gasteiger partial charge in [-0.2, -0.15) is 4.73 Å². The van der Waals surface area contributed by atoms with Gasteiger partial charge in [0.15, 0.2) is 0 Å². The van der Waals surface area contributed by atoms with E-state index >= 15 is 0 Å². The van der Waals surface area contributed by atoms with Crippen LogP contribution in [0.15, 0.2) is 53.7 Å². The van der Waals surface area contributed by atoms with Crippen molar-refractivity contribution < 1.29 is 14.7 Å². The molecule has 4 aromatic rings. The van der Waals surface area contributed by atoms with E-state index < -0.39 is 5.56 Å². The Morgan fingerprint density at radius 2 is 1.84 bits per heavy atom. The maximum absolute atomic E-state index is 13.4. The van der Waals surface area contributed by atoms with Crippen LogP contribution in [0.2, 0.25) is 0 Å². The first kappa shape index (κ1) is 20.7. The molecule has 3 aromatic heterocycles. The van der Waals surface area contributed by atoms with E-state index in [0.717, 1.165) is 48.0 Å². The SMILES string of the molecule is O=c1c2ncc3c(c(CN4CCC(CO)CC4)cn3Cc3ccc(F)cc3)c2ccn1O. The molecule has 4 heterocycles. The first-order valence-electron chi connectivity index (χ1n) is 10.8. The van der Waals surface area contributed by atoms with E-state index in [9.17, 15) is 19.5 Å². The van der Waals surface area contributed by atoms with Gasteiger partial charge in [0.05, 0.1) is 11.7 Å². The van der Waals surface area contributed by atoms with Gasteiger partial charge in [-0.25, -0.2) is 9.37 Å². The Hall–Kier alpha value is -3.23. The second-order valence-corrected chi connectivity index (χ2v) is 8.56. The third-order valence-corrected chi connectivity index (χ3v) is 6.46. The number of halogens is 1. The molecule has 0 amide bonds. The molecular formula is C24H25FN4O3. The van der Waals surface area contributed by atoms with Gasteiger partial charge in [-0.05, 0) is 61.2 Å². The molecule has 2 N–H and O–H groups in total. The number of hydrogen-bond donors (Lipinski definition) is 2. The van der Waals surface area contributed by atoms with E-state index in [4.69, 9.17) is 0 Å². The number of benzene rings is 1. The fraction of sp³-hybridized carbons (Fsp3) is 0.333. The van der Waals surface area contributed by atoms with Crippen LogP contribution in [0.5, 0.6) is 0 Å². The summed E-state index contributed by atoms with van der Waals surface area (Å²) in [5, 5.41) is 20.9. The van der Waals surface area contributed by atoms with Gasteiger partial charge in [-0.3, -0.25) is 9.69 Å². The maximum atomic E-state index is 13.4. The van der Waals surface area contributed by atoms with Crippen molar-refractivity contribution in [2.75, 3.05) is 19.7 Å². The van der Waals surface area contributed by atoms with Crippen molar-refractivity contribution in [1.29, 1.82) is 0 Å². The first-order chi connectivity index (χ1) is 15.5. The number of aliphatic hydroxyl groups excluding tert-OH is 1. The zero-order valence-corrected chi connectivity index (χ0v) is 17.6. The molecule has 5 rings (SSSR count). The summed E-state index contributed by atoms with van der Waals surface area (Å²) >= 11 is 0. The Morgan fingerprint density at radius 3 is 2.56 bits per heavy atom. The third-order valence-electron chi connectivity index (χ3n) is 6.46. The highest BCUT2D eigenvalue weighted by molar-refractivity contribution is 6.06. The van der Waals surface area contributed by atoms with Gasteiger partial charge in [0, 0.05) is 42.9 Å². The van der Waals surface area contributed by atoms with Crippen LogP contribution in [-0.2, 0) is 13.1 Å². The van der Waals surface area contributed by atoms with Crippen molar-refractivity contribution in [3.05, 3.63) is 76.2 Å². The highest BCUT2D eigenvalue weighted by Crippen LogP contribution is 2.30. The molecule has 32 heavy (non-hydrogen) atoms. The largest absolute Gasteiger partial charge is 0.425 e. The van der Waals surface area contributed by atoms with Gasteiger partial charge in [-0.15, -0.1) is 0 Å². The number of likely N-dealkylation sites (tertiary alicyclic amines) is 1. The maximum Gasteiger partial charge on any atom is 0.309 e. The molecule has 1 saturated heterocycles. The van der Waals surface area contributed by atoms with Gasteiger partial charge < -0.3 is 14.9 Å². The Balaban J connectivity index is 1.60. The molecule has 8 heteroatoms. The van der Waals surface area contributed by atoms with Crippen LogP contribution in [0.3, 0.4) is 0 Å². The van der Waals surface area contributed by atoms with Crippen molar-refractivity contribution in [2.45, 2.75) is 25.9 Å². The molecular weight excluding hydrogens is 411 g/mol. The number of hydrogen-bond acceptors (Lipinski definition) is 5. The minimum absolute atomic E-state index is 0.224. The Kier molecular flexibility index (Phi) is 5.40. The summed E-state index contributed by atoms with van der Waals surface area (Å²) in [7, 11) is 0. The van der Waals surface area contributed by atoms with Gasteiger partial charge in [-0.1, -0.05) is 12.1 Å². The lowest BCUT2D eigenvalue weighted by Crippen LogP contribution is -2.34. The highest BCUT2D eigenvalue weighted by atomic mass is 19.1. The van der Waals surface area contributed by atoms with Crippen molar-refractivity contribution in [1.82, 2.24) is 19.2 Å². The molecule has 166 valence electrons. The topological polar surface area (TPSA) is 83.5 Å². The monoisotopic (exact) mass is 436 g/mol.